The van der Waals surface area contributed by atoms with E-state index in [-0.39, 0.29) is 5.92 Å². The van der Waals surface area contributed by atoms with Crippen LogP contribution in [0.1, 0.15) is 28.2 Å². The summed E-state index contributed by atoms with van der Waals surface area (Å²) in [7, 11) is 0. The fourth-order valence-electron chi connectivity index (χ4n) is 9.59. The molecule has 1 atom stereocenters. The van der Waals surface area contributed by atoms with Gasteiger partial charge in [-0.25, -0.2) is 0 Å². The number of nitrogens with zero attached hydrogens (tertiary/aromatic N) is 2. The fourth-order valence-corrected chi connectivity index (χ4v) is 9.59. The molecule has 274 valence electrons. The first-order valence-corrected chi connectivity index (χ1v) is 20.1. The van der Waals surface area contributed by atoms with Crippen molar-refractivity contribution in [2.45, 2.75) is 5.92 Å². The van der Waals surface area contributed by atoms with E-state index in [0.29, 0.717) is 5.56 Å². The van der Waals surface area contributed by atoms with Gasteiger partial charge in [-0.1, -0.05) is 140 Å². The Hall–Kier alpha value is -7.93. The van der Waals surface area contributed by atoms with Gasteiger partial charge in [0.25, 0.3) is 0 Å². The van der Waals surface area contributed by atoms with Gasteiger partial charge in [0.1, 0.15) is 11.2 Å². The number of hydrogen-bond donors (Lipinski definition) is 0. The predicted octanol–water partition coefficient (Wildman–Crippen LogP) is 14.7. The maximum atomic E-state index is 9.87. The molecule has 12 rings (SSSR count). The van der Waals surface area contributed by atoms with E-state index in [0.717, 1.165) is 44.3 Å². The van der Waals surface area contributed by atoms with E-state index in [4.69, 9.17) is 4.42 Å². The first-order valence-electron chi connectivity index (χ1n) is 20.1. The van der Waals surface area contributed by atoms with Crippen LogP contribution in [0, 0.1) is 11.3 Å². The smallest absolute Gasteiger partial charge is 0.143 e. The molecule has 0 aliphatic heterocycles. The molecule has 1 aliphatic carbocycles. The Morgan fingerprint density at radius 3 is 1.95 bits per heavy atom. The molecule has 3 heteroatoms. The van der Waals surface area contributed by atoms with Crippen LogP contribution in [-0.2, 0) is 0 Å². The molecule has 0 fully saturated rings. The van der Waals surface area contributed by atoms with Crippen molar-refractivity contribution in [2.24, 2.45) is 0 Å². The van der Waals surface area contributed by atoms with Crippen LogP contribution < -0.4 is 0 Å². The second-order valence-corrected chi connectivity index (χ2v) is 15.6. The number of furan rings is 1. The van der Waals surface area contributed by atoms with Crippen LogP contribution in [0.4, 0.5) is 0 Å². The normalized spacial score (nSPS) is 13.2. The Balaban J connectivity index is 0.940. The third-order valence-electron chi connectivity index (χ3n) is 12.3. The Kier molecular flexibility index (Phi) is 7.36. The molecule has 0 radical (unpaired) electrons. The van der Waals surface area contributed by atoms with Gasteiger partial charge in [-0.15, -0.1) is 0 Å². The molecule has 0 amide bonds. The summed E-state index contributed by atoms with van der Waals surface area (Å²) in [6.45, 7) is 0. The van der Waals surface area contributed by atoms with E-state index >= 15 is 0 Å². The minimum atomic E-state index is -0.0118. The van der Waals surface area contributed by atoms with Crippen LogP contribution >= 0.6 is 0 Å². The quantitative estimate of drug-likeness (QED) is 0.176. The number of nitriles is 1. The van der Waals surface area contributed by atoms with Crippen molar-refractivity contribution in [3.8, 4) is 56.3 Å². The molecule has 0 bridgehead atoms. The van der Waals surface area contributed by atoms with Gasteiger partial charge in [0.05, 0.1) is 22.7 Å². The van der Waals surface area contributed by atoms with Crippen molar-refractivity contribution in [2.75, 3.05) is 0 Å². The van der Waals surface area contributed by atoms with Gasteiger partial charge in [0.2, 0.25) is 0 Å². The molecule has 0 saturated carbocycles. The standard InChI is InChI=1S/C56H34N2O/c57-34-35-10-8-11-41(30-35)55-47-28-24-38(31-49(47)44-27-25-40(33-51(44)55)43-16-9-17-48-46-15-5-7-19-54(46)59-56(43)48)36-20-22-37(23-21-36)39-26-29-53-50(32-39)45-14-4-6-18-52(45)58(53)42-12-2-1-3-13-42/h1-33,55H. The zero-order chi connectivity index (χ0) is 39.0. The fraction of sp³-hybridized carbons (Fsp3) is 0.0179. The summed E-state index contributed by atoms with van der Waals surface area (Å²) in [6.07, 6.45) is 0. The van der Waals surface area contributed by atoms with Crippen molar-refractivity contribution < 1.29 is 4.42 Å². The number of para-hydroxylation sites is 4. The SMILES string of the molecule is N#Cc1cccc(C2c3ccc(-c4ccc(-c5ccc6c(c5)c5ccccc5n6-c5ccccc5)cc4)cc3-c3ccc(-c4cccc5c4oc4ccccc45)cc32)c1. The topological polar surface area (TPSA) is 41.9 Å². The molecule has 1 unspecified atom stereocenters. The molecule has 3 nitrogen and oxygen atoms in total. The lowest BCUT2D eigenvalue weighted by Gasteiger charge is -2.16. The van der Waals surface area contributed by atoms with Gasteiger partial charge in [0, 0.05) is 38.7 Å². The van der Waals surface area contributed by atoms with Gasteiger partial charge in [-0.05, 0) is 116 Å². The zero-order valence-corrected chi connectivity index (χ0v) is 31.9. The highest BCUT2D eigenvalue weighted by atomic mass is 16.3. The lowest BCUT2D eigenvalue weighted by atomic mass is 9.87. The highest BCUT2D eigenvalue weighted by Crippen LogP contribution is 2.51. The minimum absolute atomic E-state index is 0.0118. The van der Waals surface area contributed by atoms with Gasteiger partial charge in [-0.2, -0.15) is 5.26 Å². The predicted molar refractivity (Wildman–Crippen MR) is 242 cm³/mol. The zero-order valence-electron chi connectivity index (χ0n) is 31.9. The van der Waals surface area contributed by atoms with E-state index in [1.807, 2.05) is 30.3 Å². The third-order valence-corrected chi connectivity index (χ3v) is 12.3. The highest BCUT2D eigenvalue weighted by molar-refractivity contribution is 6.11. The second kappa shape index (κ2) is 13.1. The maximum absolute atomic E-state index is 9.87. The number of benzene rings is 9. The third kappa shape index (κ3) is 5.21. The number of fused-ring (bicyclic) bond motifs is 9. The van der Waals surface area contributed by atoms with E-state index in [1.165, 1.54) is 66.3 Å². The van der Waals surface area contributed by atoms with Crippen molar-refractivity contribution in [1.29, 1.82) is 5.26 Å². The van der Waals surface area contributed by atoms with E-state index in [9.17, 15) is 5.26 Å². The average molecular weight is 751 g/mol. The molecule has 0 spiro atoms. The van der Waals surface area contributed by atoms with Crippen molar-refractivity contribution in [3.63, 3.8) is 0 Å². The molecule has 0 saturated heterocycles. The molecular weight excluding hydrogens is 717 g/mol. The second-order valence-electron chi connectivity index (χ2n) is 15.6. The first kappa shape index (κ1) is 33.2. The van der Waals surface area contributed by atoms with E-state index < -0.39 is 0 Å². The first-order chi connectivity index (χ1) is 29.2. The molecule has 2 aromatic heterocycles. The van der Waals surface area contributed by atoms with E-state index in [2.05, 4.69) is 180 Å². The Labute approximate surface area is 341 Å². The summed E-state index contributed by atoms with van der Waals surface area (Å²) < 4.78 is 8.84. The summed E-state index contributed by atoms with van der Waals surface area (Å²) in [6, 6.07) is 73.9. The van der Waals surface area contributed by atoms with Crippen molar-refractivity contribution in [1.82, 2.24) is 4.57 Å². The summed E-state index contributed by atoms with van der Waals surface area (Å²) in [5.74, 6) is -0.0118. The van der Waals surface area contributed by atoms with Crippen LogP contribution in [0.5, 0.6) is 0 Å². The lowest BCUT2D eigenvalue weighted by molar-refractivity contribution is 0.670. The van der Waals surface area contributed by atoms with Gasteiger partial charge < -0.3 is 8.98 Å². The molecule has 59 heavy (non-hydrogen) atoms. The van der Waals surface area contributed by atoms with Crippen LogP contribution in [0.25, 0.3) is 93.9 Å². The Bertz CT molecular complexity index is 3510. The molecule has 2 heterocycles. The summed E-state index contributed by atoms with van der Waals surface area (Å²) in [5.41, 5.74) is 19.0. The molecule has 9 aromatic carbocycles. The number of rotatable bonds is 5. The van der Waals surface area contributed by atoms with Crippen molar-refractivity contribution >= 4 is 43.7 Å². The van der Waals surface area contributed by atoms with Crippen LogP contribution in [0.15, 0.2) is 205 Å². The molecular formula is C56H34N2O. The summed E-state index contributed by atoms with van der Waals surface area (Å²) in [4.78, 5) is 0. The van der Waals surface area contributed by atoms with Crippen LogP contribution in [-0.4, -0.2) is 4.57 Å². The molecule has 0 N–H and O–H groups in total. The van der Waals surface area contributed by atoms with E-state index in [1.54, 1.807) is 0 Å². The Morgan fingerprint density at radius 1 is 0.424 bits per heavy atom. The lowest BCUT2D eigenvalue weighted by Crippen LogP contribution is -2.00. The van der Waals surface area contributed by atoms with Crippen molar-refractivity contribution in [3.05, 3.63) is 222 Å². The monoisotopic (exact) mass is 750 g/mol. The minimum Gasteiger partial charge on any atom is -0.455 e. The number of hydrogen-bond acceptors (Lipinski definition) is 2. The summed E-state index contributed by atoms with van der Waals surface area (Å²) >= 11 is 0. The Morgan fingerprint density at radius 2 is 1.10 bits per heavy atom. The largest absolute Gasteiger partial charge is 0.455 e. The highest BCUT2D eigenvalue weighted by Gasteiger charge is 2.31. The van der Waals surface area contributed by atoms with Gasteiger partial charge in [0.15, 0.2) is 0 Å². The summed E-state index contributed by atoms with van der Waals surface area (Å²) in [5, 5.41) is 14.6. The van der Waals surface area contributed by atoms with Crippen LogP contribution in [0.2, 0.25) is 0 Å². The maximum Gasteiger partial charge on any atom is 0.143 e. The van der Waals surface area contributed by atoms with Crippen LogP contribution in [0.3, 0.4) is 0 Å². The average Bonchev–Trinajstić information content (AvgIpc) is 3.96. The molecule has 1 aliphatic rings. The van der Waals surface area contributed by atoms with Gasteiger partial charge >= 0.3 is 0 Å². The number of aromatic nitrogens is 1. The molecule has 11 aromatic rings. The van der Waals surface area contributed by atoms with Gasteiger partial charge in [-0.3, -0.25) is 0 Å².